The Morgan fingerprint density at radius 3 is 2.52 bits per heavy atom. The highest BCUT2D eigenvalue weighted by atomic mass is 32.2. The molecule has 21 heavy (non-hydrogen) atoms. The van der Waals surface area contributed by atoms with Crippen LogP contribution in [-0.4, -0.2) is 38.7 Å². The summed E-state index contributed by atoms with van der Waals surface area (Å²) in [6.07, 6.45) is -8.01. The second-order valence-electron chi connectivity index (χ2n) is 4.08. The quantitative estimate of drug-likeness (QED) is 0.767. The molecule has 0 amide bonds. The molecular weight excluding hydrogens is 313 g/mol. The van der Waals surface area contributed by atoms with Crippen LogP contribution in [0.5, 0.6) is 11.5 Å². The molecule has 9 heteroatoms. The van der Waals surface area contributed by atoms with Crippen LogP contribution in [0.4, 0.5) is 13.2 Å². The van der Waals surface area contributed by atoms with E-state index in [1.54, 1.807) is 0 Å². The lowest BCUT2D eigenvalue weighted by molar-refractivity contribution is -0.274. The number of rotatable bonds is 5. The van der Waals surface area contributed by atoms with Crippen LogP contribution in [0.3, 0.4) is 0 Å². The predicted octanol–water partition coefficient (Wildman–Crippen LogP) is 1.96. The van der Waals surface area contributed by atoms with E-state index in [9.17, 15) is 33.3 Å². The normalized spacial score (nSPS) is 14.6. The monoisotopic (exact) mass is 326 g/mol. The van der Waals surface area contributed by atoms with Gasteiger partial charge in [-0.25, -0.2) is 0 Å². The number of benzene rings is 1. The van der Waals surface area contributed by atoms with Gasteiger partial charge in [0.1, 0.15) is 17.6 Å². The van der Waals surface area contributed by atoms with Gasteiger partial charge in [0, 0.05) is 18.2 Å². The lowest BCUT2D eigenvalue weighted by Gasteiger charge is -2.19. The molecule has 0 aliphatic rings. The van der Waals surface area contributed by atoms with E-state index in [1.807, 2.05) is 0 Å². The largest absolute Gasteiger partial charge is 0.573 e. The van der Waals surface area contributed by atoms with Gasteiger partial charge in [-0.1, -0.05) is 11.8 Å². The molecule has 0 saturated heterocycles. The summed E-state index contributed by atoms with van der Waals surface area (Å²) in [6.45, 7) is 1.26. The van der Waals surface area contributed by atoms with E-state index in [4.69, 9.17) is 0 Å². The molecule has 0 aliphatic heterocycles. The average Bonchev–Trinajstić information content (AvgIpc) is 2.35. The van der Waals surface area contributed by atoms with Crippen molar-refractivity contribution in [3.05, 3.63) is 23.8 Å². The second-order valence-corrected chi connectivity index (χ2v) is 5.28. The van der Waals surface area contributed by atoms with E-state index in [0.29, 0.717) is 0 Å². The van der Waals surface area contributed by atoms with E-state index in [1.165, 1.54) is 6.92 Å². The van der Waals surface area contributed by atoms with Gasteiger partial charge in [0.25, 0.3) is 0 Å². The number of halogens is 3. The van der Waals surface area contributed by atoms with Gasteiger partial charge in [-0.2, -0.15) is 0 Å². The number of aliphatic hydroxyl groups excluding tert-OH is 2. The molecule has 1 aromatic carbocycles. The van der Waals surface area contributed by atoms with Gasteiger partial charge in [-0.15, -0.1) is 13.2 Å². The fourth-order valence-electron chi connectivity index (χ4n) is 1.47. The van der Waals surface area contributed by atoms with Gasteiger partial charge < -0.3 is 20.1 Å². The van der Waals surface area contributed by atoms with Gasteiger partial charge in [-0.3, -0.25) is 4.79 Å². The first-order valence-corrected chi connectivity index (χ1v) is 6.67. The summed E-state index contributed by atoms with van der Waals surface area (Å²) in [4.78, 5) is 10.8. The van der Waals surface area contributed by atoms with Gasteiger partial charge in [0.05, 0.1) is 6.10 Å². The summed E-state index contributed by atoms with van der Waals surface area (Å²) >= 11 is 0.741. The van der Waals surface area contributed by atoms with Crippen molar-refractivity contribution in [2.75, 3.05) is 5.75 Å². The first kappa shape index (κ1) is 17.6. The Bertz CT molecular complexity index is 506. The average molecular weight is 326 g/mol. The third-order valence-corrected chi connectivity index (χ3v) is 3.29. The number of carbonyl (C=O) groups is 1. The Balaban J connectivity index is 2.89. The molecule has 2 atom stereocenters. The highest BCUT2D eigenvalue weighted by Gasteiger charge is 2.32. The molecule has 1 aromatic rings. The first-order chi connectivity index (χ1) is 9.60. The highest BCUT2D eigenvalue weighted by Crippen LogP contribution is 2.33. The summed E-state index contributed by atoms with van der Waals surface area (Å²) in [6, 6.07) is 2.55. The number of hydrogen-bond donors (Lipinski definition) is 3. The maximum absolute atomic E-state index is 12.1. The fourth-order valence-corrected chi connectivity index (χ4v) is 2.06. The van der Waals surface area contributed by atoms with Crippen LogP contribution in [0.2, 0.25) is 0 Å². The summed E-state index contributed by atoms with van der Waals surface area (Å²) in [5.41, 5.74) is -0.326. The molecule has 2 unspecified atom stereocenters. The molecule has 5 nitrogen and oxygen atoms in total. The molecule has 1 rings (SSSR count). The summed E-state index contributed by atoms with van der Waals surface area (Å²) in [5, 5.41) is 28.8. The van der Waals surface area contributed by atoms with Crippen molar-refractivity contribution in [2.24, 2.45) is 0 Å². The number of alkyl halides is 3. The maximum atomic E-state index is 12.1. The summed E-state index contributed by atoms with van der Waals surface area (Å²) < 4.78 is 40.0. The van der Waals surface area contributed by atoms with Crippen molar-refractivity contribution in [3.63, 3.8) is 0 Å². The molecule has 0 spiro atoms. The van der Waals surface area contributed by atoms with E-state index in [-0.39, 0.29) is 16.4 Å². The Hall–Kier alpha value is -1.45. The van der Waals surface area contributed by atoms with Crippen LogP contribution >= 0.6 is 11.8 Å². The van der Waals surface area contributed by atoms with Crippen LogP contribution in [0.25, 0.3) is 0 Å². The van der Waals surface area contributed by atoms with Gasteiger partial charge >= 0.3 is 6.36 Å². The number of aromatic hydroxyl groups is 1. The van der Waals surface area contributed by atoms with Crippen molar-refractivity contribution < 1.29 is 38.0 Å². The molecule has 0 bridgehead atoms. The summed E-state index contributed by atoms with van der Waals surface area (Å²) in [5.74, 6) is -1.30. The smallest absolute Gasteiger partial charge is 0.508 e. The Morgan fingerprint density at radius 2 is 2.00 bits per heavy atom. The minimum atomic E-state index is -4.91. The van der Waals surface area contributed by atoms with Gasteiger partial charge in [0.2, 0.25) is 0 Å². The molecule has 0 aliphatic carbocycles. The number of ether oxygens (including phenoxy) is 1. The number of thioether (sulfide) groups is 1. The van der Waals surface area contributed by atoms with E-state index < -0.39 is 30.1 Å². The van der Waals surface area contributed by atoms with Crippen molar-refractivity contribution in [3.8, 4) is 11.5 Å². The SMILES string of the molecule is CC(=O)SCC(O)C(O)c1cc(OC(F)(F)F)ccc1O. The molecule has 0 heterocycles. The number of phenolic OH excluding ortho intramolecular Hbond substituents is 1. The minimum Gasteiger partial charge on any atom is -0.508 e. The van der Waals surface area contributed by atoms with Crippen molar-refractivity contribution >= 4 is 16.9 Å². The third kappa shape index (κ3) is 5.82. The van der Waals surface area contributed by atoms with Crippen molar-refractivity contribution in [2.45, 2.75) is 25.5 Å². The zero-order valence-corrected chi connectivity index (χ0v) is 11.6. The first-order valence-electron chi connectivity index (χ1n) is 5.68. The molecule has 3 N–H and O–H groups in total. The molecular formula is C12H13F3O5S. The third-order valence-electron chi connectivity index (χ3n) is 2.37. The molecule has 118 valence electrons. The molecule has 0 fully saturated rings. The predicted molar refractivity (Wildman–Crippen MR) is 68.9 cm³/mol. The molecule has 0 aromatic heterocycles. The van der Waals surface area contributed by atoms with Crippen LogP contribution in [0.1, 0.15) is 18.6 Å². The Kier molecular flexibility index (Phi) is 5.87. The standard InChI is InChI=1S/C12H13F3O5S/c1-6(16)21-5-10(18)11(19)8-4-7(2-3-9(8)17)20-12(13,14)15/h2-4,10-11,17-19H,5H2,1H3. The number of aliphatic hydroxyl groups is 2. The van der Waals surface area contributed by atoms with Crippen LogP contribution in [0.15, 0.2) is 18.2 Å². The second kappa shape index (κ2) is 7.01. The fraction of sp³-hybridized carbons (Fsp3) is 0.417. The van der Waals surface area contributed by atoms with Gasteiger partial charge in [0.15, 0.2) is 5.12 Å². The van der Waals surface area contributed by atoms with Crippen LogP contribution < -0.4 is 4.74 Å². The van der Waals surface area contributed by atoms with E-state index >= 15 is 0 Å². The summed E-state index contributed by atoms with van der Waals surface area (Å²) in [7, 11) is 0. The lowest BCUT2D eigenvalue weighted by atomic mass is 10.0. The van der Waals surface area contributed by atoms with Crippen LogP contribution in [0, 0.1) is 0 Å². The lowest BCUT2D eigenvalue weighted by Crippen LogP contribution is -2.22. The zero-order chi connectivity index (χ0) is 16.2. The van der Waals surface area contributed by atoms with E-state index in [0.717, 1.165) is 30.0 Å². The molecule has 0 saturated carbocycles. The number of carbonyl (C=O) groups excluding carboxylic acids is 1. The Morgan fingerprint density at radius 1 is 1.38 bits per heavy atom. The topological polar surface area (TPSA) is 87.0 Å². The Labute approximate surface area is 122 Å². The van der Waals surface area contributed by atoms with Crippen LogP contribution in [-0.2, 0) is 4.79 Å². The molecule has 0 radical (unpaired) electrons. The number of hydrogen-bond acceptors (Lipinski definition) is 6. The maximum Gasteiger partial charge on any atom is 0.573 e. The highest BCUT2D eigenvalue weighted by molar-refractivity contribution is 8.13. The minimum absolute atomic E-state index is 0.166. The zero-order valence-electron chi connectivity index (χ0n) is 10.8. The van der Waals surface area contributed by atoms with Crippen molar-refractivity contribution in [1.82, 2.24) is 0 Å². The number of phenols is 1. The van der Waals surface area contributed by atoms with E-state index in [2.05, 4.69) is 4.74 Å². The van der Waals surface area contributed by atoms with Crippen molar-refractivity contribution in [1.29, 1.82) is 0 Å². The van der Waals surface area contributed by atoms with Gasteiger partial charge in [-0.05, 0) is 18.2 Å².